The summed E-state index contributed by atoms with van der Waals surface area (Å²) in [5.41, 5.74) is 2.71. The van der Waals surface area contributed by atoms with Gasteiger partial charge in [-0.05, 0) is 130 Å². The van der Waals surface area contributed by atoms with E-state index < -0.39 is 328 Å². The maximum absolute atomic E-state index is 17.1. The van der Waals surface area contributed by atoms with E-state index in [1.807, 2.05) is 0 Å². The van der Waals surface area contributed by atoms with Gasteiger partial charge in [0.1, 0.15) is 168 Å². The van der Waals surface area contributed by atoms with Crippen LogP contribution in [0, 0.1) is 5.92 Å². The van der Waals surface area contributed by atoms with Gasteiger partial charge in [0, 0.05) is 43.0 Å². The van der Waals surface area contributed by atoms with Crippen LogP contribution in [0.3, 0.4) is 0 Å². The first-order chi connectivity index (χ1) is 64.8. The van der Waals surface area contributed by atoms with Crippen LogP contribution in [0.5, 0.6) is 69.0 Å². The van der Waals surface area contributed by atoms with Gasteiger partial charge in [0.2, 0.25) is 71.5 Å². The quantitative estimate of drug-likeness (QED) is 0.0425. The number of aromatic hydroxyl groups is 4. The van der Waals surface area contributed by atoms with E-state index in [0.29, 0.717) is 18.8 Å². The number of ether oxygens (including phenoxy) is 9. The molecule has 0 aromatic heterocycles. The van der Waals surface area contributed by atoms with E-state index in [0.717, 1.165) is 111 Å². The third-order valence-electron chi connectivity index (χ3n) is 23.8. The van der Waals surface area contributed by atoms with Gasteiger partial charge >= 0.3 is 5.97 Å². The van der Waals surface area contributed by atoms with Crippen molar-refractivity contribution in [3.8, 4) is 80.1 Å². The van der Waals surface area contributed by atoms with Crippen LogP contribution in [0.2, 0.25) is 10.0 Å². The Labute approximate surface area is 782 Å². The molecular formula is C90H100Cl2N10O34. The van der Waals surface area contributed by atoms with Crippen molar-refractivity contribution in [1.82, 2.24) is 47.9 Å². The first kappa shape index (κ1) is 99.4. The molecule has 3 saturated heterocycles. The lowest BCUT2D eigenvalue weighted by molar-refractivity contribution is -0.284. The number of halogens is 2. The molecule has 9 aliphatic heterocycles. The van der Waals surface area contributed by atoms with Crippen LogP contribution in [-0.2, 0) is 73.3 Å². The van der Waals surface area contributed by atoms with Gasteiger partial charge in [0.05, 0.1) is 29.9 Å². The molecule has 9 aliphatic rings. The van der Waals surface area contributed by atoms with Gasteiger partial charge in [-0.1, -0.05) is 87.0 Å². The molecule has 0 aliphatic carbocycles. The summed E-state index contributed by atoms with van der Waals surface area (Å²) in [5.74, 6) is -20.7. The number of amides is 9. The van der Waals surface area contributed by atoms with Crippen molar-refractivity contribution in [3.05, 3.63) is 164 Å². The topological polar surface area (TPSA) is 692 Å². The SMILES string of the molecule is CC(=O)N[C@@H]1[C@H](O[C@@H]2c3ccc(c(Cl)c3)Oc3cc4cc(c3O[C@@H]3O[C@@H](CO)[C@@H](O)[C@H](O)[C@@H]3NC(=O)CCCCCCC(C)C)Oc3ccc(cc3Cl)C[C@H]3NC(=O)[C@H](N)c5ccc(O)c(c5)Oc5cc(O)cc(c5)[C@H](NC3=O)C(=O)N[C@H]4C(=O)N[C@H]3C(=O)N[C@@H]2C(=O)N[C@H](C(=O)NCC(=O)O)c2cc(O)cc(O[C@H]4O[C@H](CO)[C@@H](O)[C@@H](O)[C@@H]4O)c2-c2cc3ccc2O)O[C@@H](CO)[C@@H](O)[C@@H]1O. The Balaban J connectivity index is 1.05. The number of aliphatic hydroxyl groups is 10. The Hall–Kier alpha value is -12.6. The summed E-state index contributed by atoms with van der Waals surface area (Å²) in [6.45, 7) is 0.638. The zero-order chi connectivity index (χ0) is 97.9. The Morgan fingerprint density at radius 2 is 1.07 bits per heavy atom. The lowest BCUT2D eigenvalue weighted by Crippen LogP contribution is -2.65. The number of carboxylic acid groups (broad SMARTS) is 1. The molecule has 9 amide bonds. The van der Waals surface area contributed by atoms with E-state index in [1.54, 1.807) is 0 Å². The van der Waals surface area contributed by atoms with E-state index in [4.69, 9.17) is 71.6 Å². The number of hydrogen-bond acceptors (Lipinski definition) is 34. The average molecular weight is 1940 g/mol. The number of aliphatic carboxylic acids is 1. The third-order valence-corrected chi connectivity index (χ3v) is 24.4. The zero-order valence-electron chi connectivity index (χ0n) is 72.4. The van der Waals surface area contributed by atoms with Crippen molar-refractivity contribution in [2.75, 3.05) is 26.4 Å². The number of benzene rings is 7. The molecule has 0 spiro atoms. The van der Waals surface area contributed by atoms with Crippen LogP contribution in [-0.4, -0.2) is 266 Å². The standard InChI is InChI=1S/C90H100Cl2N10O34/c1-34(2)8-6-4-5-7-9-61(111)97-70-76(118)73(115)59(32-104)133-89(70)136-80-56-25-41-26-57(80)130-53-17-13-39(23-48(53)92)79(135-88-69(95-35(3)106)75(117)72(114)58(31-103)132-88)71-87(127)101-68(83(123)94-30-62(112)113)46-28-43(108)29-55(131-90-78(120)77(119)74(116)60(33-105)134-90)63(46)45-22-38(12-14-50(45)109)65(84(124)102-71)99-86(126)67(41)100-85(125)66-40-20-42(107)27-44(21-40)128-54-24-37(11-15-51(54)110)64(93)82(122)96-49(81(121)98-66)19-36-10-16-52(129-56)47(91)18-36/h10-18,20-29,34,49,58-60,64-79,88-90,103-105,107-110,114-120H,4-9,19,30-33,93H2,1-3H3,(H,94,123)(H,95,106)(H,96,122)(H,97,111)(H,98,121)(H,99,126)(H,100,125)(H,101,127)(H,102,124)(H,112,113)/t49-,58+,59+,60-,64-,65-,66+,67-,68+,69+,70+,71+,72-,73-,74-,75-,76-,77-,78+,79-,88+,89+,90+/m1/s1. The normalized spacial score (nSPS) is 28.3. The van der Waals surface area contributed by atoms with Gasteiger partial charge in [-0.3, -0.25) is 47.9 Å². The maximum atomic E-state index is 17.1. The number of unbranched alkanes of at least 4 members (excludes halogenated alkanes) is 3. The summed E-state index contributed by atoms with van der Waals surface area (Å²) < 4.78 is 57.7. The molecule has 16 rings (SSSR count). The molecule has 23 atom stereocenters. The van der Waals surface area contributed by atoms with E-state index in [-0.39, 0.29) is 39.8 Å². The molecule has 728 valence electrons. The highest BCUT2D eigenvalue weighted by Crippen LogP contribution is 2.51. The second kappa shape index (κ2) is 42.4. The molecule has 0 saturated carbocycles. The van der Waals surface area contributed by atoms with Crippen molar-refractivity contribution in [2.24, 2.45) is 11.7 Å². The summed E-state index contributed by atoms with van der Waals surface area (Å²) in [6.07, 6.45) is -26.3. The summed E-state index contributed by atoms with van der Waals surface area (Å²) >= 11 is 14.8. The molecule has 46 heteroatoms. The van der Waals surface area contributed by atoms with Crippen molar-refractivity contribution in [1.29, 1.82) is 0 Å². The van der Waals surface area contributed by atoms with Crippen LogP contribution < -0.4 is 77.3 Å². The van der Waals surface area contributed by atoms with Crippen molar-refractivity contribution >= 4 is 82.3 Å². The Kier molecular flexibility index (Phi) is 31.0. The van der Waals surface area contributed by atoms with Crippen molar-refractivity contribution in [3.63, 3.8) is 0 Å². The van der Waals surface area contributed by atoms with Crippen LogP contribution >= 0.6 is 23.2 Å². The second-order valence-electron chi connectivity index (χ2n) is 34.0. The summed E-state index contributed by atoms with van der Waals surface area (Å²) in [6, 6.07) is 0.421. The zero-order valence-corrected chi connectivity index (χ0v) is 73.9. The minimum Gasteiger partial charge on any atom is -0.508 e. The van der Waals surface area contributed by atoms with Crippen LogP contribution in [0.4, 0.5) is 0 Å². The number of aliphatic hydroxyl groups excluding tert-OH is 10. The maximum Gasteiger partial charge on any atom is 0.322 e. The van der Waals surface area contributed by atoms with Gasteiger partial charge in [-0.15, -0.1) is 0 Å². The second-order valence-corrected chi connectivity index (χ2v) is 34.8. The minimum absolute atomic E-state index is 0.0188. The summed E-state index contributed by atoms with van der Waals surface area (Å²) in [7, 11) is 0. The molecule has 7 aromatic rings. The van der Waals surface area contributed by atoms with Crippen LogP contribution in [0.15, 0.2) is 115 Å². The molecule has 44 nitrogen and oxygen atoms in total. The first-order valence-electron chi connectivity index (χ1n) is 43.1. The predicted molar refractivity (Wildman–Crippen MR) is 466 cm³/mol. The number of hydrogen-bond donors (Lipinski definition) is 25. The molecule has 3 fully saturated rings. The number of carboxylic acids is 1. The lowest BCUT2D eigenvalue weighted by atomic mass is 9.89. The lowest BCUT2D eigenvalue weighted by Gasteiger charge is -2.44. The molecule has 26 N–H and O–H groups in total. The Morgan fingerprint density at radius 1 is 0.507 bits per heavy atom. The number of nitrogens with two attached hydrogens (primary N) is 1. The van der Waals surface area contributed by atoms with E-state index in [2.05, 4.69) is 61.7 Å². The highest BCUT2D eigenvalue weighted by Gasteiger charge is 2.52. The molecule has 0 unspecified atom stereocenters. The van der Waals surface area contributed by atoms with Gasteiger partial charge < -0.3 is 173 Å². The fourth-order valence-electron chi connectivity index (χ4n) is 16.7. The van der Waals surface area contributed by atoms with Gasteiger partial charge in [0.25, 0.3) is 0 Å². The number of carbonyl (C=O) groups excluding carboxylic acids is 9. The van der Waals surface area contributed by atoms with E-state index in [9.17, 15) is 95.8 Å². The number of nitrogens with one attached hydrogen (secondary N) is 9. The fourth-order valence-corrected chi connectivity index (χ4v) is 17.2. The Bertz CT molecular complexity index is 5720. The van der Waals surface area contributed by atoms with Gasteiger partial charge in [0.15, 0.2) is 29.3 Å². The number of phenolic OH excluding ortho intramolecular Hbond substituents is 4. The van der Waals surface area contributed by atoms with Gasteiger partial charge in [-0.25, -0.2) is 0 Å². The van der Waals surface area contributed by atoms with Gasteiger partial charge in [-0.2, -0.15) is 0 Å². The van der Waals surface area contributed by atoms with E-state index in [1.165, 1.54) is 30.3 Å². The molecule has 136 heavy (non-hydrogen) atoms. The highest BCUT2D eigenvalue weighted by molar-refractivity contribution is 6.32. The predicted octanol–water partition coefficient (Wildman–Crippen LogP) is 0.136. The summed E-state index contributed by atoms with van der Waals surface area (Å²) in [4.78, 5) is 153. The number of rotatable bonds is 21. The van der Waals surface area contributed by atoms with Crippen molar-refractivity contribution in [2.45, 2.75) is 206 Å². The smallest absolute Gasteiger partial charge is 0.322 e. The molecule has 7 aromatic carbocycles. The first-order valence-corrected chi connectivity index (χ1v) is 43.9. The molecular weight excluding hydrogens is 1840 g/mol. The fraction of sp³-hybridized carbons (Fsp3) is 0.422. The van der Waals surface area contributed by atoms with Crippen molar-refractivity contribution < 1.29 is 167 Å². The summed E-state index contributed by atoms with van der Waals surface area (Å²) in [5, 5.41) is 192. The monoisotopic (exact) mass is 1930 g/mol. The minimum atomic E-state index is -2.63. The largest absolute Gasteiger partial charge is 0.508 e. The third kappa shape index (κ3) is 21.9. The van der Waals surface area contributed by atoms with Crippen LogP contribution in [0.1, 0.15) is 135 Å². The Morgan fingerprint density at radius 3 is 1.70 bits per heavy atom. The molecule has 0 radical (unpaired) electrons. The van der Waals surface area contributed by atoms with E-state index >= 15 is 28.8 Å². The molecule has 17 bridgehead atoms. The average Bonchev–Trinajstić information content (AvgIpc) is 0.757. The number of fused-ring (bicyclic) bond motifs is 14. The number of carbonyl (C=O) groups is 10. The van der Waals surface area contributed by atoms with Crippen LogP contribution in [0.25, 0.3) is 11.1 Å². The molecule has 9 heterocycles. The highest BCUT2D eigenvalue weighted by atomic mass is 35.5. The number of phenols is 4.